The molecule has 2 aliphatic rings. The van der Waals surface area contributed by atoms with Gasteiger partial charge in [0.05, 0.1) is 10.7 Å². The predicted molar refractivity (Wildman–Crippen MR) is 79.0 cm³/mol. The summed E-state index contributed by atoms with van der Waals surface area (Å²) in [5.41, 5.74) is 9.34. The number of carbonyl (C=O) groups excluding carboxylic acids is 1. The number of hydrogen-bond acceptors (Lipinski definition) is 2. The Kier molecular flexibility index (Phi) is 2.94. The third kappa shape index (κ3) is 1.59. The number of carbonyl (C=O) groups is 1. The minimum Gasteiger partial charge on any atom is -0.396 e. The lowest BCUT2D eigenvalue weighted by Crippen LogP contribution is -2.26. The lowest BCUT2D eigenvalue weighted by Gasteiger charge is -2.33. The van der Waals surface area contributed by atoms with Crippen LogP contribution in [0.1, 0.15) is 42.9 Å². The molecule has 0 heterocycles. The largest absolute Gasteiger partial charge is 0.396 e. The number of benzene rings is 1. The summed E-state index contributed by atoms with van der Waals surface area (Å²) in [7, 11) is 0. The van der Waals surface area contributed by atoms with Gasteiger partial charge >= 0.3 is 0 Å². The molecule has 0 saturated carbocycles. The van der Waals surface area contributed by atoms with E-state index < -0.39 is 5.82 Å². The zero-order chi connectivity index (χ0) is 14.7. The van der Waals surface area contributed by atoms with Gasteiger partial charge in [-0.1, -0.05) is 18.5 Å². The van der Waals surface area contributed by atoms with Gasteiger partial charge in [0.1, 0.15) is 5.82 Å². The fourth-order valence-corrected chi connectivity index (χ4v) is 4.04. The van der Waals surface area contributed by atoms with E-state index in [9.17, 15) is 9.18 Å². The van der Waals surface area contributed by atoms with Crippen molar-refractivity contribution in [3.05, 3.63) is 33.6 Å². The number of nitrogen functional groups attached to an aromatic ring is 1. The molecule has 0 spiro atoms. The molecule has 20 heavy (non-hydrogen) atoms. The molecule has 0 aliphatic heterocycles. The van der Waals surface area contributed by atoms with Crippen LogP contribution in [0.3, 0.4) is 0 Å². The van der Waals surface area contributed by atoms with Crippen molar-refractivity contribution in [2.24, 2.45) is 5.41 Å². The van der Waals surface area contributed by atoms with Crippen molar-refractivity contribution in [2.45, 2.75) is 39.5 Å². The highest BCUT2D eigenvalue weighted by Crippen LogP contribution is 2.57. The minimum absolute atomic E-state index is 0.0338. The summed E-state index contributed by atoms with van der Waals surface area (Å²) in [4.78, 5) is 11.9. The number of ketones is 1. The number of nitrogens with two attached hydrogens (primary N) is 1. The summed E-state index contributed by atoms with van der Waals surface area (Å²) in [5.74, 6) is -0.461. The van der Waals surface area contributed by atoms with Crippen molar-refractivity contribution in [3.8, 4) is 0 Å². The molecular weight excluding hydrogens is 277 g/mol. The average molecular weight is 294 g/mol. The second kappa shape index (κ2) is 4.32. The van der Waals surface area contributed by atoms with Gasteiger partial charge in [-0.25, -0.2) is 4.39 Å². The summed E-state index contributed by atoms with van der Waals surface area (Å²) in [6, 6.07) is 1.45. The fourth-order valence-electron chi connectivity index (χ4n) is 3.64. The van der Waals surface area contributed by atoms with Crippen LogP contribution in [0.25, 0.3) is 5.57 Å². The third-order valence-electron chi connectivity index (χ3n) is 5.00. The number of Topliss-reactive ketones (excluding diaryl/α,β-unsaturated/α-hetero) is 1. The number of hydrogen-bond donors (Lipinski definition) is 1. The molecule has 1 aromatic rings. The van der Waals surface area contributed by atoms with E-state index in [-0.39, 0.29) is 16.9 Å². The summed E-state index contributed by atoms with van der Waals surface area (Å²) in [6.07, 6.45) is 2.94. The number of fused-ring (bicyclic) bond motifs is 3. The molecule has 106 valence electrons. The third-order valence-corrected chi connectivity index (χ3v) is 5.40. The molecule has 0 saturated heterocycles. The Hall–Kier alpha value is -1.35. The summed E-state index contributed by atoms with van der Waals surface area (Å²) in [6.45, 7) is 3.94. The lowest BCUT2D eigenvalue weighted by atomic mass is 9.71. The summed E-state index contributed by atoms with van der Waals surface area (Å²) < 4.78 is 14.0. The van der Waals surface area contributed by atoms with Gasteiger partial charge < -0.3 is 5.73 Å². The Balaban J connectivity index is 2.34. The molecule has 1 atom stereocenters. The van der Waals surface area contributed by atoms with Crippen LogP contribution in [0.15, 0.2) is 11.1 Å². The molecule has 0 fully saturated rings. The highest BCUT2D eigenvalue weighted by molar-refractivity contribution is 6.46. The van der Waals surface area contributed by atoms with Crippen LogP contribution in [0.5, 0.6) is 0 Å². The standard InChI is InChI=1S/C16H17ClFNO/c1-3-16-5-4-12(20)14(17)13(16)9-6-11(18)15(19)8(2)10(9)7-16/h6H,3-5,7,19H2,1-2H3. The van der Waals surface area contributed by atoms with Gasteiger partial charge in [-0.15, -0.1) is 0 Å². The lowest BCUT2D eigenvalue weighted by molar-refractivity contribution is -0.115. The molecule has 1 aromatic carbocycles. The Morgan fingerprint density at radius 2 is 2.20 bits per heavy atom. The number of rotatable bonds is 1. The van der Waals surface area contributed by atoms with Crippen LogP contribution in [-0.2, 0) is 11.2 Å². The van der Waals surface area contributed by atoms with E-state index in [1.54, 1.807) is 0 Å². The molecule has 4 heteroatoms. The Morgan fingerprint density at radius 3 is 2.85 bits per heavy atom. The Bertz CT molecular complexity index is 665. The second-order valence-electron chi connectivity index (χ2n) is 5.85. The fraction of sp³-hybridized carbons (Fsp3) is 0.438. The molecule has 0 amide bonds. The number of anilines is 1. The topological polar surface area (TPSA) is 43.1 Å². The molecule has 2 N–H and O–H groups in total. The van der Waals surface area contributed by atoms with Crippen LogP contribution in [0.4, 0.5) is 10.1 Å². The average Bonchev–Trinajstić information content (AvgIpc) is 2.77. The maximum absolute atomic E-state index is 14.0. The predicted octanol–water partition coefficient (Wildman–Crippen LogP) is 3.98. The molecule has 0 aromatic heterocycles. The zero-order valence-corrected chi connectivity index (χ0v) is 12.4. The highest BCUT2D eigenvalue weighted by Gasteiger charge is 2.46. The Labute approximate surface area is 122 Å². The number of halogens is 2. The van der Waals surface area contributed by atoms with E-state index in [2.05, 4.69) is 6.92 Å². The van der Waals surface area contributed by atoms with Gasteiger partial charge in [0.15, 0.2) is 5.78 Å². The first-order chi connectivity index (χ1) is 9.41. The van der Waals surface area contributed by atoms with Crippen LogP contribution in [0.2, 0.25) is 0 Å². The van der Waals surface area contributed by atoms with E-state index in [1.165, 1.54) is 6.07 Å². The smallest absolute Gasteiger partial charge is 0.174 e. The van der Waals surface area contributed by atoms with Gasteiger partial charge in [-0.05, 0) is 54.5 Å². The normalized spacial score (nSPS) is 24.9. The molecule has 2 aliphatic carbocycles. The molecule has 3 rings (SSSR count). The SMILES string of the molecule is CCC12CCC(=O)C(Cl)=C1c1cc(F)c(N)c(C)c1C2. The van der Waals surface area contributed by atoms with E-state index in [4.69, 9.17) is 17.3 Å². The van der Waals surface area contributed by atoms with Gasteiger partial charge in [0, 0.05) is 11.8 Å². The van der Waals surface area contributed by atoms with E-state index in [1.807, 2.05) is 6.92 Å². The van der Waals surface area contributed by atoms with Gasteiger partial charge in [-0.2, -0.15) is 0 Å². The molecule has 1 unspecified atom stereocenters. The first-order valence-corrected chi connectivity index (χ1v) is 7.30. The number of allylic oxidation sites excluding steroid dienone is 2. The van der Waals surface area contributed by atoms with Crippen molar-refractivity contribution in [1.82, 2.24) is 0 Å². The molecular formula is C16H17ClFNO. The first-order valence-electron chi connectivity index (χ1n) is 6.92. The van der Waals surface area contributed by atoms with E-state index >= 15 is 0 Å². The van der Waals surface area contributed by atoms with Crippen molar-refractivity contribution in [2.75, 3.05) is 5.73 Å². The first kappa shape index (κ1) is 13.6. The zero-order valence-electron chi connectivity index (χ0n) is 11.6. The van der Waals surface area contributed by atoms with Gasteiger partial charge in [0.25, 0.3) is 0 Å². The van der Waals surface area contributed by atoms with Crippen molar-refractivity contribution in [3.63, 3.8) is 0 Å². The quantitative estimate of drug-likeness (QED) is 0.796. The monoisotopic (exact) mass is 293 g/mol. The van der Waals surface area contributed by atoms with Crippen LogP contribution < -0.4 is 5.73 Å². The maximum Gasteiger partial charge on any atom is 0.174 e. The van der Waals surface area contributed by atoms with E-state index in [0.29, 0.717) is 11.5 Å². The molecule has 2 nitrogen and oxygen atoms in total. The second-order valence-corrected chi connectivity index (χ2v) is 6.22. The van der Waals surface area contributed by atoms with E-state index in [0.717, 1.165) is 41.5 Å². The molecule has 0 radical (unpaired) electrons. The van der Waals surface area contributed by atoms with Crippen molar-refractivity contribution in [1.29, 1.82) is 0 Å². The summed E-state index contributed by atoms with van der Waals surface area (Å²) >= 11 is 6.29. The summed E-state index contributed by atoms with van der Waals surface area (Å²) in [5, 5.41) is 0.292. The van der Waals surface area contributed by atoms with Crippen LogP contribution >= 0.6 is 11.6 Å². The van der Waals surface area contributed by atoms with Crippen LogP contribution in [0, 0.1) is 18.2 Å². The minimum atomic E-state index is -0.428. The van der Waals surface area contributed by atoms with Crippen molar-refractivity contribution < 1.29 is 9.18 Å². The van der Waals surface area contributed by atoms with Gasteiger partial charge in [-0.3, -0.25) is 4.79 Å². The molecule has 0 bridgehead atoms. The van der Waals surface area contributed by atoms with Gasteiger partial charge in [0.2, 0.25) is 0 Å². The highest BCUT2D eigenvalue weighted by atomic mass is 35.5. The van der Waals surface area contributed by atoms with Crippen LogP contribution in [-0.4, -0.2) is 5.78 Å². The maximum atomic E-state index is 14.0. The van der Waals surface area contributed by atoms with Crippen molar-refractivity contribution >= 4 is 28.6 Å². The Morgan fingerprint density at radius 1 is 1.50 bits per heavy atom.